The lowest BCUT2D eigenvalue weighted by Crippen LogP contribution is -2.32. The molecule has 0 atom stereocenters. The van der Waals surface area contributed by atoms with E-state index in [1.54, 1.807) is 24.3 Å². The van der Waals surface area contributed by atoms with Crippen LogP contribution in [0.5, 0.6) is 5.75 Å². The van der Waals surface area contributed by atoms with E-state index in [1.807, 2.05) is 0 Å². The van der Waals surface area contributed by atoms with Gasteiger partial charge < -0.3 is 15.4 Å². The zero-order valence-electron chi connectivity index (χ0n) is 11.7. The number of hydrogen-bond donors (Lipinski definition) is 2. The molecule has 0 fully saturated rings. The molecule has 2 rings (SSSR count). The number of ether oxygens (including phenoxy) is 1. The van der Waals surface area contributed by atoms with Gasteiger partial charge in [0, 0.05) is 10.7 Å². The van der Waals surface area contributed by atoms with Crippen LogP contribution < -0.4 is 15.4 Å². The molecule has 0 heterocycles. The number of carbonyl (C=O) groups is 1. The van der Waals surface area contributed by atoms with Crippen molar-refractivity contribution in [3.63, 3.8) is 0 Å². The first-order valence-corrected chi connectivity index (χ1v) is 6.83. The average molecular weight is 345 g/mol. The van der Waals surface area contributed by atoms with Gasteiger partial charge in [-0.15, -0.1) is 0 Å². The molecule has 2 N–H and O–H groups in total. The van der Waals surface area contributed by atoms with Crippen LogP contribution in [-0.2, 0) is 6.18 Å². The molecule has 0 unspecified atom stereocenters. The molecule has 0 radical (unpaired) electrons. The lowest BCUT2D eigenvalue weighted by molar-refractivity contribution is -0.137. The fourth-order valence-electron chi connectivity index (χ4n) is 1.66. The predicted molar refractivity (Wildman–Crippen MR) is 80.5 cm³/mol. The van der Waals surface area contributed by atoms with Crippen molar-refractivity contribution in [2.45, 2.75) is 6.18 Å². The Morgan fingerprint density at radius 1 is 1.13 bits per heavy atom. The zero-order chi connectivity index (χ0) is 16.9. The highest BCUT2D eigenvalue weighted by atomic mass is 35.5. The number of carbonyl (C=O) groups excluding carboxylic acids is 1. The molecule has 0 aliphatic carbocycles. The van der Waals surface area contributed by atoms with Crippen molar-refractivity contribution >= 4 is 23.3 Å². The summed E-state index contributed by atoms with van der Waals surface area (Å²) in [6.45, 7) is -0.146. The normalized spacial score (nSPS) is 11.0. The minimum Gasteiger partial charge on any atom is -0.473 e. The number of amides is 2. The van der Waals surface area contributed by atoms with Crippen LogP contribution in [0.15, 0.2) is 48.5 Å². The SMILES string of the molecule is O=C(NCOc1ccc(Cl)cc1)Nc1cccc(C(F)(F)F)c1. The van der Waals surface area contributed by atoms with E-state index >= 15 is 0 Å². The number of halogens is 4. The van der Waals surface area contributed by atoms with Crippen LogP contribution >= 0.6 is 11.6 Å². The molecule has 8 heteroatoms. The van der Waals surface area contributed by atoms with Crippen molar-refractivity contribution in [2.24, 2.45) is 0 Å². The first-order chi connectivity index (χ1) is 10.8. The molecule has 0 saturated heterocycles. The van der Waals surface area contributed by atoms with Crippen molar-refractivity contribution in [2.75, 3.05) is 12.0 Å². The predicted octanol–water partition coefficient (Wildman–Crippen LogP) is 4.52. The molecule has 2 amide bonds. The molecule has 0 aliphatic heterocycles. The van der Waals surface area contributed by atoms with E-state index in [-0.39, 0.29) is 12.4 Å². The van der Waals surface area contributed by atoms with Crippen molar-refractivity contribution in [3.05, 3.63) is 59.1 Å². The van der Waals surface area contributed by atoms with Gasteiger partial charge in [-0.3, -0.25) is 0 Å². The highest BCUT2D eigenvalue weighted by Gasteiger charge is 2.30. The molecule has 2 aromatic rings. The summed E-state index contributed by atoms with van der Waals surface area (Å²) in [6.07, 6.45) is -4.47. The Morgan fingerprint density at radius 2 is 1.83 bits per heavy atom. The summed E-state index contributed by atoms with van der Waals surface area (Å²) in [6, 6.07) is 10.1. The summed E-state index contributed by atoms with van der Waals surface area (Å²) in [5.41, 5.74) is -0.809. The highest BCUT2D eigenvalue weighted by molar-refractivity contribution is 6.30. The first-order valence-electron chi connectivity index (χ1n) is 6.45. The Morgan fingerprint density at radius 3 is 2.48 bits per heavy atom. The van der Waals surface area contributed by atoms with Crippen molar-refractivity contribution in [3.8, 4) is 5.75 Å². The number of alkyl halides is 3. The molecule has 2 aromatic carbocycles. The molecule has 0 spiro atoms. The third-order valence-electron chi connectivity index (χ3n) is 2.73. The molecule has 23 heavy (non-hydrogen) atoms. The Bertz CT molecular complexity index is 675. The topological polar surface area (TPSA) is 50.4 Å². The largest absolute Gasteiger partial charge is 0.473 e. The summed E-state index contributed by atoms with van der Waals surface area (Å²) >= 11 is 5.72. The maximum Gasteiger partial charge on any atom is 0.416 e. The van der Waals surface area contributed by atoms with Gasteiger partial charge >= 0.3 is 12.2 Å². The Balaban J connectivity index is 1.84. The molecule has 4 nitrogen and oxygen atoms in total. The molecule has 0 saturated carbocycles. The second-order valence-corrected chi connectivity index (χ2v) is 4.89. The second-order valence-electron chi connectivity index (χ2n) is 4.45. The van der Waals surface area contributed by atoms with Crippen LogP contribution in [-0.4, -0.2) is 12.8 Å². The lowest BCUT2D eigenvalue weighted by Gasteiger charge is -2.11. The van der Waals surface area contributed by atoms with Gasteiger partial charge in [0.2, 0.25) is 0 Å². The maximum atomic E-state index is 12.6. The highest BCUT2D eigenvalue weighted by Crippen LogP contribution is 2.30. The number of nitrogens with one attached hydrogen (secondary N) is 2. The third-order valence-corrected chi connectivity index (χ3v) is 2.98. The molecular weight excluding hydrogens is 333 g/mol. The van der Waals surface area contributed by atoms with E-state index in [2.05, 4.69) is 10.6 Å². The van der Waals surface area contributed by atoms with Crippen LogP contribution in [0.1, 0.15) is 5.56 Å². The smallest absolute Gasteiger partial charge is 0.416 e. The van der Waals surface area contributed by atoms with Gasteiger partial charge in [0.15, 0.2) is 6.73 Å². The van der Waals surface area contributed by atoms with E-state index < -0.39 is 17.8 Å². The number of benzene rings is 2. The summed E-state index contributed by atoms with van der Waals surface area (Å²) in [4.78, 5) is 11.6. The van der Waals surface area contributed by atoms with Crippen LogP contribution in [0.4, 0.5) is 23.7 Å². The first kappa shape index (κ1) is 17.0. The Labute approximate surface area is 135 Å². The third kappa shape index (κ3) is 5.37. The minimum absolute atomic E-state index is 0.0313. The van der Waals surface area contributed by atoms with Gasteiger partial charge in [0.25, 0.3) is 0 Å². The standard InChI is InChI=1S/C15H12ClF3N2O2/c16-11-4-6-13(7-5-11)23-9-20-14(22)21-12-3-1-2-10(8-12)15(17,18)19/h1-8H,9H2,(H2,20,21,22). The summed E-state index contributed by atoms with van der Waals surface area (Å²) in [5.74, 6) is 0.494. The molecule has 0 aliphatic rings. The van der Waals surface area contributed by atoms with Crippen LogP contribution in [0.2, 0.25) is 5.02 Å². The Hall–Kier alpha value is -2.41. The van der Waals surface area contributed by atoms with Crippen molar-refractivity contribution in [1.29, 1.82) is 0 Å². The van der Waals surface area contributed by atoms with Crippen molar-refractivity contribution < 1.29 is 22.7 Å². The monoisotopic (exact) mass is 344 g/mol. The number of anilines is 1. The number of rotatable bonds is 4. The van der Waals surface area contributed by atoms with Crippen LogP contribution in [0.25, 0.3) is 0 Å². The quantitative estimate of drug-likeness (QED) is 0.801. The summed E-state index contributed by atoms with van der Waals surface area (Å²) in [7, 11) is 0. The van der Waals surface area contributed by atoms with E-state index in [9.17, 15) is 18.0 Å². The van der Waals surface area contributed by atoms with Gasteiger partial charge in [-0.2, -0.15) is 13.2 Å². The minimum atomic E-state index is -4.47. The maximum absolute atomic E-state index is 12.6. The fraction of sp³-hybridized carbons (Fsp3) is 0.133. The summed E-state index contributed by atoms with van der Waals surface area (Å²) in [5, 5.41) is 5.21. The number of hydrogen-bond acceptors (Lipinski definition) is 2. The van der Waals surface area contributed by atoms with E-state index in [4.69, 9.17) is 16.3 Å². The van der Waals surface area contributed by atoms with Gasteiger partial charge in [-0.05, 0) is 42.5 Å². The molecular formula is C15H12ClF3N2O2. The lowest BCUT2D eigenvalue weighted by atomic mass is 10.2. The van der Waals surface area contributed by atoms with Gasteiger partial charge in [-0.25, -0.2) is 4.79 Å². The molecule has 122 valence electrons. The van der Waals surface area contributed by atoms with Gasteiger partial charge in [-0.1, -0.05) is 17.7 Å². The van der Waals surface area contributed by atoms with E-state index in [0.717, 1.165) is 12.1 Å². The zero-order valence-corrected chi connectivity index (χ0v) is 12.4. The van der Waals surface area contributed by atoms with Crippen LogP contribution in [0, 0.1) is 0 Å². The van der Waals surface area contributed by atoms with Gasteiger partial charge in [0.1, 0.15) is 5.75 Å². The Kier molecular flexibility index (Phi) is 5.33. The van der Waals surface area contributed by atoms with Gasteiger partial charge in [0.05, 0.1) is 5.56 Å². The second kappa shape index (κ2) is 7.23. The summed E-state index contributed by atoms with van der Waals surface area (Å²) < 4.78 is 42.9. The average Bonchev–Trinajstić information content (AvgIpc) is 2.49. The van der Waals surface area contributed by atoms with E-state index in [0.29, 0.717) is 10.8 Å². The van der Waals surface area contributed by atoms with Crippen LogP contribution in [0.3, 0.4) is 0 Å². The number of urea groups is 1. The fourth-order valence-corrected chi connectivity index (χ4v) is 1.79. The molecule has 0 bridgehead atoms. The molecule has 0 aromatic heterocycles. The van der Waals surface area contributed by atoms with E-state index in [1.165, 1.54) is 12.1 Å². The van der Waals surface area contributed by atoms with Crippen molar-refractivity contribution in [1.82, 2.24) is 5.32 Å².